The van der Waals surface area contributed by atoms with Gasteiger partial charge in [-0.3, -0.25) is 15.2 Å². The highest BCUT2D eigenvalue weighted by molar-refractivity contribution is 7.80. The number of para-hydroxylation sites is 1. The Balaban J connectivity index is 1.51. The Labute approximate surface area is 179 Å². The molecule has 0 aliphatic heterocycles. The summed E-state index contributed by atoms with van der Waals surface area (Å²) in [6.07, 6.45) is 5.69. The molecule has 0 atom stereocenters. The van der Waals surface area contributed by atoms with E-state index in [4.69, 9.17) is 16.6 Å². The lowest BCUT2D eigenvalue weighted by molar-refractivity contribution is 0.0994. The van der Waals surface area contributed by atoms with Gasteiger partial charge in [0.1, 0.15) is 5.76 Å². The van der Waals surface area contributed by atoms with Crippen LogP contribution in [0.4, 0.5) is 11.4 Å². The zero-order chi connectivity index (χ0) is 20.9. The van der Waals surface area contributed by atoms with Crippen LogP contribution in [0, 0.1) is 6.92 Å². The molecule has 3 aromatic rings. The van der Waals surface area contributed by atoms with Gasteiger partial charge in [0, 0.05) is 41.3 Å². The van der Waals surface area contributed by atoms with Gasteiger partial charge >= 0.3 is 0 Å². The Morgan fingerprint density at radius 2 is 1.80 bits per heavy atom. The van der Waals surface area contributed by atoms with Crippen molar-refractivity contribution in [3.63, 3.8) is 0 Å². The number of thiocarbonyl (C=S) groups is 1. The number of hydrazone groups is 1. The lowest BCUT2D eigenvalue weighted by atomic mass is 9.93. The minimum absolute atomic E-state index is 0.290. The van der Waals surface area contributed by atoms with E-state index in [1.807, 2.05) is 37.3 Å². The highest BCUT2D eigenvalue weighted by Crippen LogP contribution is 2.30. The lowest BCUT2D eigenvalue weighted by Crippen LogP contribution is -2.26. The Bertz CT molecular complexity index is 1090. The van der Waals surface area contributed by atoms with Crippen molar-refractivity contribution in [3.05, 3.63) is 77.5 Å². The number of nitrogens with one attached hydrogen (secondary N) is 3. The number of hydrogen-bond acceptors (Lipinski definition) is 5. The van der Waals surface area contributed by atoms with Gasteiger partial charge in [-0.1, -0.05) is 18.2 Å². The number of anilines is 2. The summed E-state index contributed by atoms with van der Waals surface area (Å²) in [7, 11) is 0. The standard InChI is InChI=1S/C22H21N5O2S/c1-14-19-17(26-27-22(30)25-15-6-3-2-4-7-15)8-5-9-18(19)29-20(14)21(28)24-16-10-12-23-13-11-16/h2-4,6-7,10-13H,5,8-9H2,1H3,(H,23,24,28)(H2,25,27,30)/b26-17+. The molecular formula is C22H21N5O2S. The van der Waals surface area contributed by atoms with E-state index in [-0.39, 0.29) is 5.91 Å². The zero-order valence-corrected chi connectivity index (χ0v) is 17.3. The van der Waals surface area contributed by atoms with Gasteiger partial charge in [0.05, 0.1) is 5.71 Å². The SMILES string of the molecule is Cc1c(C(=O)Nc2ccncc2)oc2c1/C(=N/NC(=S)Nc1ccccc1)CCC2. The van der Waals surface area contributed by atoms with Gasteiger partial charge in [0.2, 0.25) is 0 Å². The third-order valence-corrected chi connectivity index (χ3v) is 4.99. The summed E-state index contributed by atoms with van der Waals surface area (Å²) in [5.41, 5.74) is 6.95. The highest BCUT2D eigenvalue weighted by Gasteiger charge is 2.28. The molecule has 7 nitrogen and oxygen atoms in total. The monoisotopic (exact) mass is 419 g/mol. The summed E-state index contributed by atoms with van der Waals surface area (Å²) in [5.74, 6) is 0.791. The lowest BCUT2D eigenvalue weighted by Gasteiger charge is -2.14. The molecule has 0 unspecified atom stereocenters. The third kappa shape index (κ3) is 4.38. The molecule has 0 radical (unpaired) electrons. The number of carbonyl (C=O) groups excluding carboxylic acids is 1. The number of aromatic nitrogens is 1. The summed E-state index contributed by atoms with van der Waals surface area (Å²) in [6.45, 7) is 1.88. The Hall–Kier alpha value is -3.52. The zero-order valence-electron chi connectivity index (χ0n) is 16.4. The third-order valence-electron chi connectivity index (χ3n) is 4.79. The van der Waals surface area contributed by atoms with E-state index in [1.165, 1.54) is 0 Å². The topological polar surface area (TPSA) is 91.6 Å². The first-order chi connectivity index (χ1) is 14.6. The molecule has 8 heteroatoms. The van der Waals surface area contributed by atoms with Crippen LogP contribution in [-0.4, -0.2) is 21.7 Å². The van der Waals surface area contributed by atoms with Gasteiger partial charge in [-0.15, -0.1) is 0 Å². The Morgan fingerprint density at radius 3 is 2.57 bits per heavy atom. The Kier molecular flexibility index (Phi) is 5.85. The molecule has 2 heterocycles. The number of benzene rings is 1. The van der Waals surface area contributed by atoms with Gasteiger partial charge in [-0.25, -0.2) is 0 Å². The highest BCUT2D eigenvalue weighted by atomic mass is 32.1. The van der Waals surface area contributed by atoms with E-state index in [9.17, 15) is 4.79 Å². The van der Waals surface area contributed by atoms with Crippen molar-refractivity contribution in [1.82, 2.24) is 10.4 Å². The van der Waals surface area contributed by atoms with E-state index in [0.29, 0.717) is 16.6 Å². The van der Waals surface area contributed by atoms with Crippen molar-refractivity contribution in [2.75, 3.05) is 10.6 Å². The largest absolute Gasteiger partial charge is 0.455 e. The summed E-state index contributed by atoms with van der Waals surface area (Å²) < 4.78 is 5.92. The number of fused-ring (bicyclic) bond motifs is 1. The molecule has 4 rings (SSSR count). The first kappa shape index (κ1) is 19.8. The number of carbonyl (C=O) groups is 1. The molecule has 2 aromatic heterocycles. The van der Waals surface area contributed by atoms with E-state index < -0.39 is 0 Å². The van der Waals surface area contributed by atoms with Gasteiger partial charge in [-0.05, 0) is 56.2 Å². The minimum atomic E-state index is -0.290. The van der Waals surface area contributed by atoms with Gasteiger partial charge < -0.3 is 15.1 Å². The number of hydrogen-bond donors (Lipinski definition) is 3. The predicted octanol–water partition coefficient (Wildman–Crippen LogP) is 4.26. The van der Waals surface area contributed by atoms with Crippen molar-refractivity contribution in [2.24, 2.45) is 5.10 Å². The maximum Gasteiger partial charge on any atom is 0.291 e. The van der Waals surface area contributed by atoms with Crippen molar-refractivity contribution in [3.8, 4) is 0 Å². The summed E-state index contributed by atoms with van der Waals surface area (Å²) >= 11 is 5.33. The van der Waals surface area contributed by atoms with E-state index >= 15 is 0 Å². The number of rotatable bonds is 4. The second-order valence-electron chi connectivity index (χ2n) is 6.89. The maximum atomic E-state index is 12.7. The fourth-order valence-electron chi connectivity index (χ4n) is 3.42. The van der Waals surface area contributed by atoms with Gasteiger partial charge in [0.25, 0.3) is 5.91 Å². The van der Waals surface area contributed by atoms with Gasteiger partial charge in [-0.2, -0.15) is 5.10 Å². The smallest absolute Gasteiger partial charge is 0.291 e. The van der Waals surface area contributed by atoms with Crippen LogP contribution in [0.3, 0.4) is 0 Å². The molecule has 0 saturated heterocycles. The Morgan fingerprint density at radius 1 is 1.07 bits per heavy atom. The first-order valence-corrected chi connectivity index (χ1v) is 10.1. The predicted molar refractivity (Wildman–Crippen MR) is 121 cm³/mol. The molecule has 1 aromatic carbocycles. The van der Waals surface area contributed by atoms with Crippen molar-refractivity contribution in [1.29, 1.82) is 0 Å². The number of furan rings is 1. The number of aryl methyl sites for hydroxylation is 1. The average Bonchev–Trinajstić information content (AvgIpc) is 3.11. The molecular weight excluding hydrogens is 398 g/mol. The normalized spacial score (nSPS) is 14.1. The molecule has 30 heavy (non-hydrogen) atoms. The molecule has 3 N–H and O–H groups in total. The summed E-state index contributed by atoms with van der Waals surface area (Å²) in [6, 6.07) is 13.1. The molecule has 152 valence electrons. The molecule has 0 fully saturated rings. The molecule has 0 bridgehead atoms. The van der Waals surface area contributed by atoms with E-state index in [1.54, 1.807) is 24.5 Å². The van der Waals surface area contributed by atoms with Crippen LogP contribution in [0.5, 0.6) is 0 Å². The molecule has 0 saturated carbocycles. The van der Waals surface area contributed by atoms with Crippen LogP contribution in [0.2, 0.25) is 0 Å². The fraction of sp³-hybridized carbons (Fsp3) is 0.182. The first-order valence-electron chi connectivity index (χ1n) is 9.64. The van der Waals surface area contributed by atoms with Crippen molar-refractivity contribution < 1.29 is 9.21 Å². The number of pyridine rings is 1. The molecule has 1 aliphatic carbocycles. The van der Waals surface area contributed by atoms with Crippen LogP contribution in [0.1, 0.15) is 40.3 Å². The van der Waals surface area contributed by atoms with Crippen LogP contribution in [0.15, 0.2) is 64.4 Å². The van der Waals surface area contributed by atoms with Gasteiger partial charge in [0.15, 0.2) is 10.9 Å². The quantitative estimate of drug-likeness (QED) is 0.432. The van der Waals surface area contributed by atoms with Crippen molar-refractivity contribution >= 4 is 40.3 Å². The second kappa shape index (κ2) is 8.87. The van der Waals surface area contributed by atoms with E-state index in [0.717, 1.165) is 47.5 Å². The van der Waals surface area contributed by atoms with Crippen LogP contribution < -0.4 is 16.1 Å². The molecule has 1 amide bonds. The number of amides is 1. The fourth-order valence-corrected chi connectivity index (χ4v) is 3.58. The van der Waals surface area contributed by atoms with Crippen LogP contribution in [0.25, 0.3) is 0 Å². The second-order valence-corrected chi connectivity index (χ2v) is 7.30. The maximum absolute atomic E-state index is 12.7. The molecule has 0 spiro atoms. The van der Waals surface area contributed by atoms with Crippen molar-refractivity contribution in [2.45, 2.75) is 26.2 Å². The average molecular weight is 420 g/mol. The van der Waals surface area contributed by atoms with E-state index in [2.05, 4.69) is 26.1 Å². The van der Waals surface area contributed by atoms with Crippen LogP contribution in [-0.2, 0) is 6.42 Å². The number of nitrogens with zero attached hydrogens (tertiary/aromatic N) is 2. The minimum Gasteiger partial charge on any atom is -0.455 e. The molecule has 1 aliphatic rings. The van der Waals surface area contributed by atoms with Crippen LogP contribution >= 0.6 is 12.2 Å². The summed E-state index contributed by atoms with van der Waals surface area (Å²) in [4.78, 5) is 16.7. The summed E-state index contributed by atoms with van der Waals surface area (Å²) in [5, 5.41) is 10.8.